The van der Waals surface area contributed by atoms with Gasteiger partial charge < -0.3 is 0 Å². The van der Waals surface area contributed by atoms with E-state index in [1.807, 2.05) is 23.9 Å². The molecule has 0 saturated carbocycles. The van der Waals surface area contributed by atoms with Crippen molar-refractivity contribution in [2.24, 2.45) is 0 Å². The molecule has 0 aliphatic rings. The topological polar surface area (TPSA) is 0 Å². The van der Waals surface area contributed by atoms with Gasteiger partial charge in [0.05, 0.1) is 0 Å². The quantitative estimate of drug-likeness (QED) is 0.611. The van der Waals surface area contributed by atoms with E-state index in [9.17, 15) is 0 Å². The summed E-state index contributed by atoms with van der Waals surface area (Å²) in [6, 6.07) is 8.08. The molecule has 20 heavy (non-hydrogen) atoms. The molecule has 0 spiro atoms. The average molecular weight is 305 g/mol. The van der Waals surface area contributed by atoms with E-state index >= 15 is 0 Å². The minimum absolute atomic E-state index is 0.795. The summed E-state index contributed by atoms with van der Waals surface area (Å²) in [6.45, 7) is 11.2. The molecule has 0 nitrogen and oxygen atoms in total. The first kappa shape index (κ1) is 15.5. The predicted molar refractivity (Wildman–Crippen MR) is 91.1 cm³/mol. The highest BCUT2D eigenvalue weighted by Gasteiger charge is 2.12. The SMILES string of the molecule is Cc1c(C)c(C)c(CSc2ccc(Cl)cc2)c(C)c1C. The lowest BCUT2D eigenvalue weighted by Gasteiger charge is -2.18. The van der Waals surface area contributed by atoms with Crippen molar-refractivity contribution in [3.63, 3.8) is 0 Å². The number of benzene rings is 2. The lowest BCUT2D eigenvalue weighted by atomic mass is 9.90. The van der Waals surface area contributed by atoms with E-state index in [0.717, 1.165) is 10.8 Å². The van der Waals surface area contributed by atoms with E-state index < -0.39 is 0 Å². The van der Waals surface area contributed by atoms with Crippen LogP contribution in [0.1, 0.15) is 33.4 Å². The van der Waals surface area contributed by atoms with E-state index in [4.69, 9.17) is 11.6 Å². The van der Waals surface area contributed by atoms with Gasteiger partial charge in [-0.25, -0.2) is 0 Å². The molecule has 0 aliphatic carbocycles. The lowest BCUT2D eigenvalue weighted by molar-refractivity contribution is 1.12. The maximum atomic E-state index is 5.93. The van der Waals surface area contributed by atoms with Crippen LogP contribution in [0.5, 0.6) is 0 Å². The van der Waals surface area contributed by atoms with Gasteiger partial charge in [0.2, 0.25) is 0 Å². The van der Waals surface area contributed by atoms with E-state index in [1.54, 1.807) is 0 Å². The summed E-state index contributed by atoms with van der Waals surface area (Å²) in [5.41, 5.74) is 8.64. The molecular formula is C18H21ClS. The van der Waals surface area contributed by atoms with Crippen molar-refractivity contribution in [2.45, 2.75) is 45.3 Å². The summed E-state index contributed by atoms with van der Waals surface area (Å²) in [7, 11) is 0. The van der Waals surface area contributed by atoms with Gasteiger partial charge >= 0.3 is 0 Å². The molecule has 0 unspecified atom stereocenters. The van der Waals surface area contributed by atoms with Gasteiger partial charge in [-0.05, 0) is 92.3 Å². The third-order valence-corrected chi connectivity index (χ3v) is 5.64. The molecule has 0 radical (unpaired) electrons. The highest BCUT2D eigenvalue weighted by molar-refractivity contribution is 7.98. The highest BCUT2D eigenvalue weighted by Crippen LogP contribution is 2.31. The van der Waals surface area contributed by atoms with Gasteiger partial charge in [-0.15, -0.1) is 11.8 Å². The number of hydrogen-bond acceptors (Lipinski definition) is 1. The molecule has 0 atom stereocenters. The van der Waals surface area contributed by atoms with Crippen LogP contribution >= 0.6 is 23.4 Å². The van der Waals surface area contributed by atoms with Crippen molar-refractivity contribution in [2.75, 3.05) is 0 Å². The maximum absolute atomic E-state index is 5.93. The summed E-state index contributed by atoms with van der Waals surface area (Å²) in [5, 5.41) is 0.795. The van der Waals surface area contributed by atoms with Gasteiger partial charge in [-0.3, -0.25) is 0 Å². The molecule has 106 valence electrons. The van der Waals surface area contributed by atoms with Gasteiger partial charge in [-0.2, -0.15) is 0 Å². The molecule has 0 aliphatic heterocycles. The second-order valence-corrected chi connectivity index (χ2v) is 6.83. The molecule has 2 rings (SSSR count). The normalized spacial score (nSPS) is 10.9. The molecule has 2 heteroatoms. The molecule has 0 N–H and O–H groups in total. The van der Waals surface area contributed by atoms with Crippen molar-refractivity contribution in [3.05, 3.63) is 62.7 Å². The molecule has 2 aromatic carbocycles. The Balaban J connectivity index is 2.28. The van der Waals surface area contributed by atoms with Crippen LogP contribution in [-0.4, -0.2) is 0 Å². The van der Waals surface area contributed by atoms with Crippen LogP contribution in [0.25, 0.3) is 0 Å². The van der Waals surface area contributed by atoms with Crippen LogP contribution in [0.3, 0.4) is 0 Å². The Kier molecular flexibility index (Phi) is 4.82. The summed E-state index contributed by atoms with van der Waals surface area (Å²) < 4.78 is 0. The average Bonchev–Trinajstić information content (AvgIpc) is 2.45. The monoisotopic (exact) mass is 304 g/mol. The first-order valence-corrected chi connectivity index (χ1v) is 8.22. The first-order valence-electron chi connectivity index (χ1n) is 6.86. The Hall–Kier alpha value is -0.920. The molecule has 2 aromatic rings. The fourth-order valence-corrected chi connectivity index (χ4v) is 3.68. The Bertz CT molecular complexity index is 598. The van der Waals surface area contributed by atoms with Gasteiger partial charge in [0, 0.05) is 15.7 Å². The second kappa shape index (κ2) is 6.24. The standard InChI is InChI=1S/C18H21ClS/c1-11-12(2)14(4)18(15(5)13(11)3)10-20-17-8-6-16(19)7-9-17/h6-9H,10H2,1-5H3. The number of thioether (sulfide) groups is 1. The second-order valence-electron chi connectivity index (χ2n) is 5.35. The van der Waals surface area contributed by atoms with Gasteiger partial charge in [0.1, 0.15) is 0 Å². The van der Waals surface area contributed by atoms with Crippen molar-refractivity contribution in [1.29, 1.82) is 0 Å². The fraction of sp³-hybridized carbons (Fsp3) is 0.333. The van der Waals surface area contributed by atoms with E-state index in [0.29, 0.717) is 0 Å². The van der Waals surface area contributed by atoms with Crippen LogP contribution in [0.2, 0.25) is 5.02 Å². The molecule has 0 heterocycles. The third-order valence-electron chi connectivity index (χ3n) is 4.35. The van der Waals surface area contributed by atoms with Crippen LogP contribution in [0.4, 0.5) is 0 Å². The summed E-state index contributed by atoms with van der Waals surface area (Å²) in [5.74, 6) is 1.02. The van der Waals surface area contributed by atoms with E-state index in [-0.39, 0.29) is 0 Å². The Labute approximate surface area is 131 Å². The van der Waals surface area contributed by atoms with Crippen LogP contribution in [0, 0.1) is 34.6 Å². The van der Waals surface area contributed by atoms with Gasteiger partial charge in [-0.1, -0.05) is 11.6 Å². The van der Waals surface area contributed by atoms with Gasteiger partial charge in [0.25, 0.3) is 0 Å². The van der Waals surface area contributed by atoms with E-state index in [2.05, 4.69) is 46.8 Å². The Morgan fingerprint density at radius 3 is 1.70 bits per heavy atom. The maximum Gasteiger partial charge on any atom is 0.0406 e. The number of hydrogen-bond donors (Lipinski definition) is 0. The van der Waals surface area contributed by atoms with Crippen molar-refractivity contribution in [1.82, 2.24) is 0 Å². The zero-order valence-electron chi connectivity index (χ0n) is 12.8. The number of rotatable bonds is 3. The molecule has 0 saturated heterocycles. The van der Waals surface area contributed by atoms with Crippen LogP contribution in [-0.2, 0) is 5.75 Å². The Morgan fingerprint density at radius 2 is 1.20 bits per heavy atom. The third kappa shape index (κ3) is 3.05. The molecular weight excluding hydrogens is 284 g/mol. The minimum Gasteiger partial charge on any atom is -0.121 e. The molecule has 0 bridgehead atoms. The number of halogens is 1. The molecule has 0 amide bonds. The first-order chi connectivity index (χ1) is 9.41. The zero-order chi connectivity index (χ0) is 14.9. The summed E-state index contributed by atoms with van der Waals surface area (Å²) in [6.07, 6.45) is 0. The van der Waals surface area contributed by atoms with Crippen molar-refractivity contribution in [3.8, 4) is 0 Å². The Morgan fingerprint density at radius 1 is 0.750 bits per heavy atom. The van der Waals surface area contributed by atoms with Crippen molar-refractivity contribution >= 4 is 23.4 Å². The van der Waals surface area contributed by atoms with Crippen LogP contribution < -0.4 is 0 Å². The summed E-state index contributed by atoms with van der Waals surface area (Å²) >= 11 is 7.80. The van der Waals surface area contributed by atoms with Gasteiger partial charge in [0.15, 0.2) is 0 Å². The lowest BCUT2D eigenvalue weighted by Crippen LogP contribution is -2.01. The highest BCUT2D eigenvalue weighted by atomic mass is 35.5. The van der Waals surface area contributed by atoms with E-state index in [1.165, 1.54) is 38.3 Å². The van der Waals surface area contributed by atoms with Crippen LogP contribution in [0.15, 0.2) is 29.2 Å². The zero-order valence-corrected chi connectivity index (χ0v) is 14.4. The summed E-state index contributed by atoms with van der Waals surface area (Å²) in [4.78, 5) is 1.27. The fourth-order valence-electron chi connectivity index (χ4n) is 2.48. The minimum atomic E-state index is 0.795. The predicted octanol–water partition coefficient (Wildman–Crippen LogP) is 6.17. The largest absolute Gasteiger partial charge is 0.121 e. The van der Waals surface area contributed by atoms with Crippen molar-refractivity contribution < 1.29 is 0 Å². The smallest absolute Gasteiger partial charge is 0.0406 e. The molecule has 0 aromatic heterocycles. The molecule has 0 fully saturated rings.